The van der Waals surface area contributed by atoms with Gasteiger partial charge in [-0.25, -0.2) is 4.39 Å². The topological polar surface area (TPSA) is 70.4 Å². The van der Waals surface area contributed by atoms with Gasteiger partial charge in [0.05, 0.1) is 6.04 Å². The molecule has 0 bridgehead atoms. The van der Waals surface area contributed by atoms with Gasteiger partial charge in [-0.05, 0) is 50.2 Å². The predicted octanol–water partition coefficient (Wildman–Crippen LogP) is 2.43. The lowest BCUT2D eigenvalue weighted by Gasteiger charge is -2.36. The van der Waals surface area contributed by atoms with Crippen LogP contribution in [0, 0.1) is 12.7 Å². The van der Waals surface area contributed by atoms with Gasteiger partial charge < -0.3 is 10.6 Å². The first kappa shape index (κ1) is 20.2. The maximum Gasteiger partial charge on any atom is 0.147 e. The predicted molar refractivity (Wildman–Crippen MR) is 109 cm³/mol. The molecule has 2 unspecified atom stereocenters. The van der Waals surface area contributed by atoms with Crippen molar-refractivity contribution in [3.8, 4) is 0 Å². The highest BCUT2D eigenvalue weighted by atomic mass is 19.1. The van der Waals surface area contributed by atoms with Crippen LogP contribution in [-0.2, 0) is 4.79 Å². The smallest absolute Gasteiger partial charge is 0.147 e. The average Bonchev–Trinajstić information content (AvgIpc) is 2.71. The van der Waals surface area contributed by atoms with E-state index in [2.05, 4.69) is 34.9 Å². The maximum atomic E-state index is 13.5. The second kappa shape index (κ2) is 9.10. The fraction of sp³-hybridized carbons (Fsp3) is 0.318. The molecule has 1 aliphatic rings. The van der Waals surface area contributed by atoms with Crippen LogP contribution in [0.3, 0.4) is 0 Å². The van der Waals surface area contributed by atoms with E-state index in [0.717, 1.165) is 35.2 Å². The molecule has 1 aliphatic heterocycles. The molecule has 0 aromatic heterocycles. The molecule has 2 aromatic carbocycles. The lowest BCUT2D eigenvalue weighted by atomic mass is 9.96. The minimum atomic E-state index is -0.527. The molecule has 0 spiro atoms. The Morgan fingerprint density at radius 3 is 2.36 bits per heavy atom. The van der Waals surface area contributed by atoms with Gasteiger partial charge in [-0.2, -0.15) is 0 Å². The lowest BCUT2D eigenvalue weighted by molar-refractivity contribution is -0.105. The summed E-state index contributed by atoms with van der Waals surface area (Å²) in [7, 11) is 1.92. The van der Waals surface area contributed by atoms with Gasteiger partial charge >= 0.3 is 0 Å². The highest BCUT2D eigenvalue weighted by molar-refractivity contribution is 5.74. The van der Waals surface area contributed by atoms with Gasteiger partial charge in [0.25, 0.3) is 0 Å². The monoisotopic (exact) mass is 382 g/mol. The number of carbonyl (C=O) groups is 1. The first-order valence-corrected chi connectivity index (χ1v) is 9.43. The van der Waals surface area contributed by atoms with Crippen molar-refractivity contribution in [2.24, 2.45) is 5.73 Å². The molecule has 6 heteroatoms. The Morgan fingerprint density at radius 1 is 1.14 bits per heavy atom. The van der Waals surface area contributed by atoms with Crippen molar-refractivity contribution < 1.29 is 9.18 Å². The van der Waals surface area contributed by atoms with Gasteiger partial charge in [0, 0.05) is 17.8 Å². The minimum Gasteiger partial charge on any atom is -0.360 e. The van der Waals surface area contributed by atoms with E-state index < -0.39 is 6.29 Å². The number of aryl methyl sites for hydroxylation is 1. The second-order valence-electron chi connectivity index (χ2n) is 7.17. The Kier molecular flexibility index (Phi) is 6.57. The lowest BCUT2D eigenvalue weighted by Crippen LogP contribution is -2.53. The zero-order valence-corrected chi connectivity index (χ0v) is 16.3. The summed E-state index contributed by atoms with van der Waals surface area (Å²) in [5.74, 6) is -0.273. The highest BCUT2D eigenvalue weighted by Crippen LogP contribution is 2.29. The SMILES string of the molecule is Cc1ccc(C(c2ccc(F)cc2)N(C)C(N)NC2=C(C=O)CCNC2)cc1. The van der Waals surface area contributed by atoms with E-state index >= 15 is 0 Å². The Balaban J connectivity index is 1.90. The van der Waals surface area contributed by atoms with Gasteiger partial charge in [-0.3, -0.25) is 15.4 Å². The summed E-state index contributed by atoms with van der Waals surface area (Å²) in [5.41, 5.74) is 11.2. The van der Waals surface area contributed by atoms with Crippen LogP contribution in [0.5, 0.6) is 0 Å². The number of rotatable bonds is 7. The molecule has 3 rings (SSSR count). The molecule has 0 saturated heterocycles. The van der Waals surface area contributed by atoms with E-state index in [1.165, 1.54) is 17.7 Å². The quantitative estimate of drug-likeness (QED) is 0.507. The van der Waals surface area contributed by atoms with Crippen molar-refractivity contribution >= 4 is 6.29 Å². The summed E-state index contributed by atoms with van der Waals surface area (Å²) in [5, 5.41) is 6.53. The molecule has 2 atom stereocenters. The first-order valence-electron chi connectivity index (χ1n) is 9.43. The number of nitrogens with one attached hydrogen (secondary N) is 2. The molecule has 0 amide bonds. The van der Waals surface area contributed by atoms with E-state index in [9.17, 15) is 9.18 Å². The third kappa shape index (κ3) is 4.65. The number of hydrogen-bond acceptors (Lipinski definition) is 5. The van der Waals surface area contributed by atoms with Gasteiger partial charge in [0.15, 0.2) is 0 Å². The normalized spacial score (nSPS) is 16.8. The summed E-state index contributed by atoms with van der Waals surface area (Å²) in [6, 6.07) is 14.5. The van der Waals surface area contributed by atoms with E-state index in [1.54, 1.807) is 12.1 Å². The van der Waals surface area contributed by atoms with Crippen LogP contribution in [0.15, 0.2) is 59.8 Å². The summed E-state index contributed by atoms with van der Waals surface area (Å²) in [6.45, 7) is 3.41. The molecule has 0 saturated carbocycles. The van der Waals surface area contributed by atoms with Crippen LogP contribution in [0.25, 0.3) is 0 Å². The zero-order valence-electron chi connectivity index (χ0n) is 16.3. The summed E-state index contributed by atoms with van der Waals surface area (Å²) in [6.07, 6.45) is 1.05. The van der Waals surface area contributed by atoms with E-state index in [-0.39, 0.29) is 11.9 Å². The molecule has 4 N–H and O–H groups in total. The summed E-state index contributed by atoms with van der Waals surface area (Å²) < 4.78 is 13.5. The summed E-state index contributed by atoms with van der Waals surface area (Å²) >= 11 is 0. The van der Waals surface area contributed by atoms with Crippen molar-refractivity contribution in [1.82, 2.24) is 15.5 Å². The number of aldehydes is 1. The number of nitrogens with zero attached hydrogens (tertiary/aromatic N) is 1. The van der Waals surface area contributed by atoms with Crippen LogP contribution in [0.4, 0.5) is 4.39 Å². The Morgan fingerprint density at radius 2 is 1.75 bits per heavy atom. The molecule has 5 nitrogen and oxygen atoms in total. The van der Waals surface area contributed by atoms with Crippen LogP contribution in [0.2, 0.25) is 0 Å². The molecule has 1 heterocycles. The third-order valence-electron chi connectivity index (χ3n) is 5.15. The van der Waals surface area contributed by atoms with E-state index in [0.29, 0.717) is 13.0 Å². The molecular formula is C22H27FN4O. The van der Waals surface area contributed by atoms with Crippen molar-refractivity contribution in [3.63, 3.8) is 0 Å². The van der Waals surface area contributed by atoms with Crippen LogP contribution in [0.1, 0.15) is 29.2 Å². The zero-order chi connectivity index (χ0) is 20.1. The number of nitrogens with two attached hydrogens (primary N) is 1. The molecule has 28 heavy (non-hydrogen) atoms. The molecule has 0 aliphatic carbocycles. The average molecular weight is 382 g/mol. The fourth-order valence-corrected chi connectivity index (χ4v) is 3.47. The molecule has 0 radical (unpaired) electrons. The number of halogens is 1. The third-order valence-corrected chi connectivity index (χ3v) is 5.15. The van der Waals surface area contributed by atoms with Crippen LogP contribution < -0.4 is 16.4 Å². The number of benzene rings is 2. The van der Waals surface area contributed by atoms with Crippen molar-refractivity contribution in [3.05, 3.63) is 82.3 Å². The molecule has 0 fully saturated rings. The van der Waals surface area contributed by atoms with Gasteiger partial charge in [0.1, 0.15) is 18.4 Å². The standard InChI is InChI=1S/C22H27FN4O/c1-15-3-5-16(6-4-15)21(17-7-9-19(23)10-8-17)27(2)22(24)26-20-13-25-12-11-18(20)14-28/h3-10,14,21-22,25-26H,11-13,24H2,1-2H3. The van der Waals surface area contributed by atoms with Crippen molar-refractivity contribution in [1.29, 1.82) is 0 Å². The van der Waals surface area contributed by atoms with E-state index in [4.69, 9.17) is 5.73 Å². The van der Waals surface area contributed by atoms with Gasteiger partial charge in [-0.15, -0.1) is 0 Å². The number of hydrogen-bond donors (Lipinski definition) is 3. The highest BCUT2D eigenvalue weighted by Gasteiger charge is 2.25. The van der Waals surface area contributed by atoms with E-state index in [1.807, 2.05) is 18.9 Å². The van der Waals surface area contributed by atoms with Gasteiger partial charge in [0.2, 0.25) is 0 Å². The second-order valence-corrected chi connectivity index (χ2v) is 7.17. The van der Waals surface area contributed by atoms with Crippen molar-refractivity contribution in [2.75, 3.05) is 20.1 Å². The van der Waals surface area contributed by atoms with Gasteiger partial charge in [-0.1, -0.05) is 42.0 Å². The van der Waals surface area contributed by atoms with Crippen LogP contribution in [-0.4, -0.2) is 37.6 Å². The van der Waals surface area contributed by atoms with Crippen LogP contribution >= 0.6 is 0 Å². The Labute approximate surface area is 165 Å². The molecule has 148 valence electrons. The largest absolute Gasteiger partial charge is 0.360 e. The fourth-order valence-electron chi connectivity index (χ4n) is 3.47. The minimum absolute atomic E-state index is 0.166. The first-order chi connectivity index (χ1) is 13.5. The number of carbonyl (C=O) groups excluding carboxylic acids is 1. The molecule has 2 aromatic rings. The summed E-state index contributed by atoms with van der Waals surface area (Å²) in [4.78, 5) is 13.3. The Bertz CT molecular complexity index is 787. The molecular weight excluding hydrogens is 355 g/mol. The maximum absolute atomic E-state index is 13.5. The Hall–Kier alpha value is -2.54. The van der Waals surface area contributed by atoms with Crippen molar-refractivity contribution in [2.45, 2.75) is 25.7 Å².